The van der Waals surface area contributed by atoms with Crippen LogP contribution in [-0.2, 0) is 20.0 Å². The Bertz CT molecular complexity index is 1270. The maximum absolute atomic E-state index is 12.3. The van der Waals surface area contributed by atoms with Crippen LogP contribution in [0.15, 0.2) is 75.8 Å². The molecular weight excluding hydrogens is 402 g/mol. The van der Waals surface area contributed by atoms with Gasteiger partial charge in [0.25, 0.3) is 10.1 Å². The van der Waals surface area contributed by atoms with E-state index < -0.39 is 31.5 Å². The first kappa shape index (κ1) is 19.9. The fourth-order valence-corrected chi connectivity index (χ4v) is 5.12. The first-order valence-electron chi connectivity index (χ1n) is 8.13. The van der Waals surface area contributed by atoms with Crippen LogP contribution in [0.3, 0.4) is 0 Å². The van der Waals surface area contributed by atoms with Gasteiger partial charge < -0.3 is 5.73 Å². The number of hydrogen-bond donors (Lipinski definition) is 2. The maximum atomic E-state index is 12.3. The van der Waals surface area contributed by atoms with Crippen LogP contribution in [0.25, 0.3) is 10.8 Å². The first-order valence-corrected chi connectivity index (χ1v) is 11.4. The molecule has 0 bridgehead atoms. The molecule has 0 aliphatic carbocycles. The van der Waals surface area contributed by atoms with Crippen molar-refractivity contribution in [3.05, 3.63) is 60.7 Å². The van der Waals surface area contributed by atoms with Gasteiger partial charge in [-0.2, -0.15) is 13.5 Å². The number of sulfone groups is 1. The highest BCUT2D eigenvalue weighted by Gasteiger charge is 2.18. The van der Waals surface area contributed by atoms with Crippen LogP contribution >= 0.6 is 0 Å². The Hall–Kier alpha value is -2.82. The standard InChI is InChI=1S/C18H17N3O5S2/c19-17-8-9-18(16-7-2-1-6-15(16)17)21-20-13-4-3-5-14(12-13)27(22,23)10-11-28(24,25)26/h1-9,12H,10-11,19H2,(H,24,25,26). The summed E-state index contributed by atoms with van der Waals surface area (Å²) in [5.41, 5.74) is 7.43. The lowest BCUT2D eigenvalue weighted by molar-refractivity contribution is 0.484. The molecule has 28 heavy (non-hydrogen) atoms. The smallest absolute Gasteiger partial charge is 0.265 e. The van der Waals surface area contributed by atoms with E-state index in [0.29, 0.717) is 11.4 Å². The van der Waals surface area contributed by atoms with Crippen LogP contribution in [0.1, 0.15) is 0 Å². The molecule has 3 rings (SSSR count). The van der Waals surface area contributed by atoms with Crippen LogP contribution in [-0.4, -0.2) is 32.9 Å². The minimum atomic E-state index is -4.38. The summed E-state index contributed by atoms with van der Waals surface area (Å²) in [4.78, 5) is -0.102. The summed E-state index contributed by atoms with van der Waals surface area (Å²) in [5.74, 6) is -1.60. The summed E-state index contributed by atoms with van der Waals surface area (Å²) in [6, 6.07) is 16.5. The summed E-state index contributed by atoms with van der Waals surface area (Å²) in [6.07, 6.45) is 0. The molecule has 0 spiro atoms. The van der Waals surface area contributed by atoms with Gasteiger partial charge in [-0.1, -0.05) is 30.3 Å². The summed E-state index contributed by atoms with van der Waals surface area (Å²) in [5, 5.41) is 9.93. The number of nitrogens with two attached hydrogens (primary N) is 1. The lowest BCUT2D eigenvalue weighted by Crippen LogP contribution is -2.16. The van der Waals surface area contributed by atoms with Crippen molar-refractivity contribution in [1.29, 1.82) is 0 Å². The molecule has 8 nitrogen and oxygen atoms in total. The van der Waals surface area contributed by atoms with Gasteiger partial charge >= 0.3 is 0 Å². The summed E-state index contributed by atoms with van der Waals surface area (Å²) in [6.45, 7) is 0. The average molecular weight is 419 g/mol. The van der Waals surface area contributed by atoms with E-state index in [1.165, 1.54) is 18.2 Å². The van der Waals surface area contributed by atoms with E-state index in [4.69, 9.17) is 10.3 Å². The van der Waals surface area contributed by atoms with Crippen molar-refractivity contribution in [2.75, 3.05) is 17.2 Å². The van der Waals surface area contributed by atoms with Gasteiger partial charge in [0, 0.05) is 16.5 Å². The summed E-state index contributed by atoms with van der Waals surface area (Å²) >= 11 is 0. The van der Waals surface area contributed by atoms with Crippen molar-refractivity contribution >= 4 is 47.8 Å². The first-order chi connectivity index (χ1) is 13.2. The molecule has 0 heterocycles. The molecule has 146 valence electrons. The van der Waals surface area contributed by atoms with E-state index in [0.717, 1.165) is 10.8 Å². The zero-order chi connectivity index (χ0) is 20.4. The normalized spacial score (nSPS) is 12.6. The monoisotopic (exact) mass is 419 g/mol. The second-order valence-corrected chi connectivity index (χ2v) is 9.70. The molecule has 0 aromatic heterocycles. The predicted octanol–water partition coefficient (Wildman–Crippen LogP) is 3.50. The number of nitrogen functional groups attached to an aromatic ring is 1. The number of rotatable bonds is 6. The lowest BCUT2D eigenvalue weighted by Gasteiger charge is -2.05. The van der Waals surface area contributed by atoms with Crippen molar-refractivity contribution in [2.45, 2.75) is 4.90 Å². The van der Waals surface area contributed by atoms with Crippen molar-refractivity contribution in [3.8, 4) is 0 Å². The largest absolute Gasteiger partial charge is 0.398 e. The molecular formula is C18H17N3O5S2. The fourth-order valence-electron chi connectivity index (χ4n) is 2.58. The van der Waals surface area contributed by atoms with E-state index in [1.807, 2.05) is 24.3 Å². The van der Waals surface area contributed by atoms with Gasteiger partial charge in [-0.25, -0.2) is 8.42 Å². The van der Waals surface area contributed by atoms with Crippen LogP contribution in [0.2, 0.25) is 0 Å². The summed E-state index contributed by atoms with van der Waals surface area (Å²) < 4.78 is 54.9. The number of azo groups is 1. The molecule has 0 unspecified atom stereocenters. The van der Waals surface area contributed by atoms with Crippen LogP contribution in [0, 0.1) is 0 Å². The van der Waals surface area contributed by atoms with Gasteiger partial charge in [0.15, 0.2) is 9.84 Å². The molecule has 0 amide bonds. The van der Waals surface area contributed by atoms with Crippen molar-refractivity contribution in [3.63, 3.8) is 0 Å². The number of benzene rings is 3. The molecule has 3 aromatic carbocycles. The minimum Gasteiger partial charge on any atom is -0.398 e. The van der Waals surface area contributed by atoms with Crippen molar-refractivity contribution in [1.82, 2.24) is 0 Å². The Kier molecular flexibility index (Phi) is 5.45. The number of hydrogen-bond acceptors (Lipinski definition) is 7. The summed E-state index contributed by atoms with van der Waals surface area (Å²) in [7, 11) is -8.27. The predicted molar refractivity (Wildman–Crippen MR) is 107 cm³/mol. The molecule has 0 aliphatic heterocycles. The molecule has 0 radical (unpaired) electrons. The zero-order valence-electron chi connectivity index (χ0n) is 14.6. The second kappa shape index (κ2) is 7.66. The van der Waals surface area contributed by atoms with E-state index in [9.17, 15) is 16.8 Å². The average Bonchev–Trinajstić information content (AvgIpc) is 2.66. The van der Waals surface area contributed by atoms with E-state index >= 15 is 0 Å². The Balaban J connectivity index is 1.91. The van der Waals surface area contributed by atoms with Crippen molar-refractivity contribution in [2.24, 2.45) is 10.2 Å². The molecule has 10 heteroatoms. The molecule has 0 fully saturated rings. The third-order valence-electron chi connectivity index (χ3n) is 3.99. The van der Waals surface area contributed by atoms with Gasteiger partial charge in [0.2, 0.25) is 0 Å². The maximum Gasteiger partial charge on any atom is 0.265 e. The van der Waals surface area contributed by atoms with Crippen LogP contribution < -0.4 is 5.73 Å². The van der Waals surface area contributed by atoms with Crippen LogP contribution in [0.5, 0.6) is 0 Å². The Morgan fingerprint density at radius 2 is 1.54 bits per heavy atom. The Labute approximate surface area is 162 Å². The highest BCUT2D eigenvalue weighted by atomic mass is 32.2. The fraction of sp³-hybridized carbons (Fsp3) is 0.111. The van der Waals surface area contributed by atoms with Gasteiger partial charge in [-0.15, -0.1) is 5.11 Å². The second-order valence-electron chi connectivity index (χ2n) is 6.02. The number of nitrogens with zero attached hydrogens (tertiary/aromatic N) is 2. The van der Waals surface area contributed by atoms with E-state index in [2.05, 4.69) is 10.2 Å². The van der Waals surface area contributed by atoms with Gasteiger partial charge in [0.1, 0.15) is 0 Å². The molecule has 3 aromatic rings. The highest BCUT2D eigenvalue weighted by molar-refractivity contribution is 7.93. The van der Waals surface area contributed by atoms with Gasteiger partial charge in [-0.3, -0.25) is 4.55 Å². The topological polar surface area (TPSA) is 139 Å². The Morgan fingerprint density at radius 3 is 2.25 bits per heavy atom. The van der Waals surface area contributed by atoms with Gasteiger partial charge in [-0.05, 0) is 30.3 Å². The Morgan fingerprint density at radius 1 is 0.821 bits per heavy atom. The molecule has 0 saturated heterocycles. The molecule has 0 aliphatic rings. The third kappa shape index (κ3) is 4.71. The minimum absolute atomic E-state index is 0.102. The lowest BCUT2D eigenvalue weighted by atomic mass is 10.1. The SMILES string of the molecule is Nc1ccc(N=Nc2cccc(S(=O)(=O)CCS(=O)(=O)O)c2)c2ccccc12. The number of anilines is 1. The van der Waals surface area contributed by atoms with Crippen molar-refractivity contribution < 1.29 is 21.4 Å². The zero-order valence-corrected chi connectivity index (χ0v) is 16.2. The van der Waals surface area contributed by atoms with E-state index in [1.54, 1.807) is 18.2 Å². The highest BCUT2D eigenvalue weighted by Crippen LogP contribution is 2.31. The molecule has 0 saturated carbocycles. The van der Waals surface area contributed by atoms with E-state index in [-0.39, 0.29) is 10.6 Å². The number of fused-ring (bicyclic) bond motifs is 1. The van der Waals surface area contributed by atoms with Crippen LogP contribution in [0.4, 0.5) is 17.1 Å². The molecule has 3 N–H and O–H groups in total. The quantitative estimate of drug-likeness (QED) is 0.356. The molecule has 0 atom stereocenters. The third-order valence-corrected chi connectivity index (χ3v) is 6.69. The van der Waals surface area contributed by atoms with Gasteiger partial charge in [0.05, 0.1) is 27.8 Å².